The number of fused-ring (bicyclic) bond motifs is 1. The van der Waals surface area contributed by atoms with Crippen molar-refractivity contribution in [1.82, 2.24) is 15.1 Å². The van der Waals surface area contributed by atoms with E-state index in [4.69, 9.17) is 4.74 Å². The summed E-state index contributed by atoms with van der Waals surface area (Å²) in [6, 6.07) is 22.4. The largest absolute Gasteiger partial charge is 0.451 e. The summed E-state index contributed by atoms with van der Waals surface area (Å²) in [5, 5.41) is 10.3. The molecule has 3 aromatic carbocycles. The molecule has 2 N–H and O–H groups in total. The number of benzene rings is 3. The number of carbonyl (C=O) groups excluding carboxylic acids is 3. The van der Waals surface area contributed by atoms with Crippen molar-refractivity contribution < 1.29 is 19.1 Å². The zero-order valence-electron chi connectivity index (χ0n) is 20.4. The van der Waals surface area contributed by atoms with Crippen LogP contribution in [0.2, 0.25) is 0 Å². The van der Waals surface area contributed by atoms with Crippen molar-refractivity contribution in [2.45, 2.75) is 26.4 Å². The van der Waals surface area contributed by atoms with Crippen LogP contribution in [0, 0.1) is 0 Å². The van der Waals surface area contributed by atoms with Crippen molar-refractivity contribution in [3.05, 3.63) is 106 Å². The number of aryl methyl sites for hydroxylation is 1. The number of amides is 2. The maximum atomic E-state index is 12.9. The van der Waals surface area contributed by atoms with Crippen LogP contribution in [0.25, 0.3) is 10.8 Å². The highest BCUT2D eigenvalue weighted by molar-refractivity contribution is 6.05. The predicted molar refractivity (Wildman–Crippen MR) is 139 cm³/mol. The molecular weight excluding hydrogens is 472 g/mol. The van der Waals surface area contributed by atoms with E-state index in [0.29, 0.717) is 10.8 Å². The van der Waals surface area contributed by atoms with E-state index in [0.717, 1.165) is 5.56 Å². The number of hydrogen-bond donors (Lipinski definition) is 2. The Bertz CT molecular complexity index is 1510. The third kappa shape index (κ3) is 5.72. The zero-order valence-corrected chi connectivity index (χ0v) is 20.4. The SMILES string of the molecule is CCn1nc(C(=O)OCC(=O)Nc2ccccc2C(=O)N[C@@H](C)c2ccccc2)c2ccccc2c1=O. The zero-order chi connectivity index (χ0) is 26.4. The molecule has 9 heteroatoms. The van der Waals surface area contributed by atoms with E-state index >= 15 is 0 Å². The molecule has 0 bridgehead atoms. The Morgan fingerprint density at radius 1 is 0.919 bits per heavy atom. The van der Waals surface area contributed by atoms with Gasteiger partial charge < -0.3 is 15.4 Å². The standard InChI is InChI=1S/C28H26N4O5/c1-3-32-27(35)21-14-8-7-13-20(21)25(31-32)28(36)37-17-24(33)30-23-16-10-9-15-22(23)26(34)29-18(2)19-11-5-4-6-12-19/h4-16,18H,3,17H2,1-2H3,(H,29,34)(H,30,33)/t18-/m0/s1. The maximum absolute atomic E-state index is 12.9. The molecule has 1 atom stereocenters. The van der Waals surface area contributed by atoms with E-state index in [1.165, 1.54) is 4.68 Å². The Morgan fingerprint density at radius 3 is 2.30 bits per heavy atom. The van der Waals surface area contributed by atoms with Gasteiger partial charge in [-0.25, -0.2) is 9.48 Å². The highest BCUT2D eigenvalue weighted by Crippen LogP contribution is 2.18. The number of aromatic nitrogens is 2. The first-order valence-electron chi connectivity index (χ1n) is 11.8. The minimum absolute atomic E-state index is 0.0560. The number of para-hydroxylation sites is 1. The lowest BCUT2D eigenvalue weighted by atomic mass is 10.1. The van der Waals surface area contributed by atoms with Gasteiger partial charge in [0, 0.05) is 11.9 Å². The summed E-state index contributed by atoms with van der Waals surface area (Å²) in [4.78, 5) is 50.8. The van der Waals surface area contributed by atoms with Crippen LogP contribution in [0.3, 0.4) is 0 Å². The molecule has 0 saturated heterocycles. The second-order valence-corrected chi connectivity index (χ2v) is 8.29. The molecule has 2 amide bonds. The molecule has 1 aromatic heterocycles. The number of nitrogens with zero attached hydrogens (tertiary/aromatic N) is 2. The first-order valence-corrected chi connectivity index (χ1v) is 11.8. The van der Waals surface area contributed by atoms with Gasteiger partial charge in [0.1, 0.15) is 0 Å². The Labute approximate surface area is 213 Å². The van der Waals surface area contributed by atoms with Crippen LogP contribution >= 0.6 is 0 Å². The van der Waals surface area contributed by atoms with Crippen LogP contribution in [-0.2, 0) is 16.1 Å². The number of hydrogen-bond acceptors (Lipinski definition) is 6. The Morgan fingerprint density at radius 2 is 1.57 bits per heavy atom. The molecule has 0 radical (unpaired) electrons. The highest BCUT2D eigenvalue weighted by atomic mass is 16.5. The first-order chi connectivity index (χ1) is 17.9. The average Bonchev–Trinajstić information content (AvgIpc) is 2.93. The number of ether oxygens (including phenoxy) is 1. The number of rotatable bonds is 8. The first kappa shape index (κ1) is 25.3. The molecule has 0 unspecified atom stereocenters. The lowest BCUT2D eigenvalue weighted by molar-refractivity contribution is -0.119. The summed E-state index contributed by atoms with van der Waals surface area (Å²) in [5.41, 5.74) is 1.13. The number of carbonyl (C=O) groups is 3. The van der Waals surface area contributed by atoms with Crippen LogP contribution in [0.5, 0.6) is 0 Å². The average molecular weight is 499 g/mol. The van der Waals surface area contributed by atoms with Gasteiger partial charge in [0.2, 0.25) is 0 Å². The Balaban J connectivity index is 1.44. The molecule has 0 aliphatic heterocycles. The third-order valence-electron chi connectivity index (χ3n) is 5.79. The second kappa shape index (κ2) is 11.3. The maximum Gasteiger partial charge on any atom is 0.359 e. The van der Waals surface area contributed by atoms with E-state index in [1.54, 1.807) is 55.5 Å². The molecule has 1 heterocycles. The predicted octanol–water partition coefficient (Wildman–Crippen LogP) is 3.70. The van der Waals surface area contributed by atoms with Gasteiger partial charge in [-0.05, 0) is 37.6 Å². The Hall–Kier alpha value is -4.79. The minimum Gasteiger partial charge on any atom is -0.451 e. The van der Waals surface area contributed by atoms with Crippen LogP contribution in [0.4, 0.5) is 5.69 Å². The monoisotopic (exact) mass is 498 g/mol. The summed E-state index contributed by atoms with van der Waals surface area (Å²) < 4.78 is 6.37. The highest BCUT2D eigenvalue weighted by Gasteiger charge is 2.20. The van der Waals surface area contributed by atoms with Crippen LogP contribution in [0.1, 0.15) is 46.3 Å². The van der Waals surface area contributed by atoms with Gasteiger partial charge >= 0.3 is 5.97 Å². The van der Waals surface area contributed by atoms with Crippen LogP contribution < -0.4 is 16.2 Å². The lowest BCUT2D eigenvalue weighted by Gasteiger charge is -2.16. The topological polar surface area (TPSA) is 119 Å². The van der Waals surface area contributed by atoms with Gasteiger partial charge in [-0.1, -0.05) is 60.7 Å². The third-order valence-corrected chi connectivity index (χ3v) is 5.79. The molecule has 188 valence electrons. The van der Waals surface area contributed by atoms with Gasteiger partial charge in [0.15, 0.2) is 12.3 Å². The van der Waals surface area contributed by atoms with Crippen molar-refractivity contribution >= 4 is 34.2 Å². The fourth-order valence-electron chi connectivity index (χ4n) is 3.88. The number of esters is 1. The van der Waals surface area contributed by atoms with Gasteiger partial charge in [0.05, 0.1) is 22.7 Å². The smallest absolute Gasteiger partial charge is 0.359 e. The van der Waals surface area contributed by atoms with Crippen LogP contribution in [-0.4, -0.2) is 34.2 Å². The molecule has 0 aliphatic rings. The van der Waals surface area contributed by atoms with Gasteiger partial charge in [-0.3, -0.25) is 14.4 Å². The molecule has 37 heavy (non-hydrogen) atoms. The molecule has 4 rings (SSSR count). The molecule has 9 nitrogen and oxygen atoms in total. The van der Waals surface area contributed by atoms with E-state index in [9.17, 15) is 19.2 Å². The summed E-state index contributed by atoms with van der Waals surface area (Å²) in [6.45, 7) is 3.27. The fraction of sp³-hybridized carbons (Fsp3) is 0.179. The van der Waals surface area contributed by atoms with Gasteiger partial charge in [-0.2, -0.15) is 5.10 Å². The normalized spacial score (nSPS) is 11.5. The van der Waals surface area contributed by atoms with E-state index < -0.39 is 18.5 Å². The molecule has 0 aliphatic carbocycles. The van der Waals surface area contributed by atoms with E-state index in [2.05, 4.69) is 15.7 Å². The van der Waals surface area contributed by atoms with E-state index in [-0.39, 0.29) is 41.0 Å². The molecule has 0 fully saturated rings. The van der Waals surface area contributed by atoms with E-state index in [1.807, 2.05) is 37.3 Å². The molecule has 4 aromatic rings. The quantitative estimate of drug-likeness (QED) is 0.358. The van der Waals surface area contributed by atoms with Crippen molar-refractivity contribution in [2.75, 3.05) is 11.9 Å². The molecule has 0 saturated carbocycles. The summed E-state index contributed by atoms with van der Waals surface area (Å²) in [5.74, 6) is -1.82. The molecular formula is C28H26N4O5. The number of anilines is 1. The van der Waals surface area contributed by atoms with Crippen molar-refractivity contribution in [1.29, 1.82) is 0 Å². The fourth-order valence-corrected chi connectivity index (χ4v) is 3.88. The van der Waals surface area contributed by atoms with Crippen molar-refractivity contribution in [3.8, 4) is 0 Å². The van der Waals surface area contributed by atoms with Gasteiger partial charge in [-0.15, -0.1) is 0 Å². The molecule has 0 spiro atoms. The number of nitrogens with one attached hydrogen (secondary N) is 2. The van der Waals surface area contributed by atoms with Crippen molar-refractivity contribution in [3.63, 3.8) is 0 Å². The lowest BCUT2D eigenvalue weighted by Crippen LogP contribution is -2.29. The summed E-state index contributed by atoms with van der Waals surface area (Å²) >= 11 is 0. The Kier molecular flexibility index (Phi) is 7.73. The summed E-state index contributed by atoms with van der Waals surface area (Å²) in [7, 11) is 0. The van der Waals surface area contributed by atoms with Crippen molar-refractivity contribution in [2.24, 2.45) is 0 Å². The van der Waals surface area contributed by atoms with Gasteiger partial charge in [0.25, 0.3) is 17.4 Å². The summed E-state index contributed by atoms with van der Waals surface area (Å²) in [6.07, 6.45) is 0. The minimum atomic E-state index is -0.837. The van der Waals surface area contributed by atoms with Crippen LogP contribution in [0.15, 0.2) is 83.7 Å². The second-order valence-electron chi connectivity index (χ2n) is 8.29.